The van der Waals surface area contributed by atoms with Crippen molar-refractivity contribution in [1.82, 2.24) is 15.1 Å². The van der Waals surface area contributed by atoms with E-state index in [1.54, 1.807) is 13.2 Å². The molecule has 0 radical (unpaired) electrons. The quantitative estimate of drug-likeness (QED) is 0.515. The second-order valence-corrected chi connectivity index (χ2v) is 10.7. The number of carbonyl (C=O) groups is 1. The molecule has 4 rings (SSSR count). The number of nitrogens with one attached hydrogen (secondary N) is 1. The summed E-state index contributed by atoms with van der Waals surface area (Å²) in [6.45, 7) is 8.80. The first-order chi connectivity index (χ1) is 17.1. The van der Waals surface area contributed by atoms with Gasteiger partial charge in [0.15, 0.2) is 11.5 Å². The Morgan fingerprint density at radius 3 is 2.46 bits per heavy atom. The first kappa shape index (κ1) is 26.0. The number of methoxy groups -OCH3 is 1. The van der Waals surface area contributed by atoms with Crippen molar-refractivity contribution in [2.24, 2.45) is 5.92 Å². The van der Waals surface area contributed by atoms with Gasteiger partial charge in [0.25, 0.3) is 0 Å². The van der Waals surface area contributed by atoms with Gasteiger partial charge < -0.3 is 19.7 Å². The first-order valence-corrected chi connectivity index (χ1v) is 13.9. The van der Waals surface area contributed by atoms with Crippen molar-refractivity contribution in [3.63, 3.8) is 0 Å². The molecule has 0 aromatic heterocycles. The highest BCUT2D eigenvalue weighted by Crippen LogP contribution is 2.29. The Labute approximate surface area is 212 Å². The van der Waals surface area contributed by atoms with Crippen LogP contribution in [0.1, 0.15) is 70.3 Å². The van der Waals surface area contributed by atoms with E-state index in [0.29, 0.717) is 18.4 Å². The molecular weight excluding hydrogens is 438 g/mol. The zero-order valence-corrected chi connectivity index (χ0v) is 21.8. The molecule has 35 heavy (non-hydrogen) atoms. The minimum absolute atomic E-state index is 0.0205. The van der Waals surface area contributed by atoms with Crippen molar-refractivity contribution in [2.75, 3.05) is 46.4 Å². The van der Waals surface area contributed by atoms with E-state index < -0.39 is 0 Å². The van der Waals surface area contributed by atoms with E-state index in [9.17, 15) is 4.79 Å². The van der Waals surface area contributed by atoms with Crippen molar-refractivity contribution in [3.05, 3.63) is 29.8 Å². The van der Waals surface area contributed by atoms with E-state index in [2.05, 4.69) is 22.0 Å². The number of piperidine rings is 2. The maximum absolute atomic E-state index is 12.3. The zero-order valence-electron chi connectivity index (χ0n) is 21.8. The van der Waals surface area contributed by atoms with E-state index in [4.69, 9.17) is 9.47 Å². The number of carbonyl (C=O) groups excluding carboxylic acids is 1. The van der Waals surface area contributed by atoms with Crippen molar-refractivity contribution in [3.8, 4) is 11.5 Å². The van der Waals surface area contributed by atoms with Gasteiger partial charge in [-0.05, 0) is 107 Å². The van der Waals surface area contributed by atoms with Gasteiger partial charge in [-0.15, -0.1) is 0 Å². The third-order valence-corrected chi connectivity index (χ3v) is 8.11. The number of benzene rings is 1. The fourth-order valence-corrected chi connectivity index (χ4v) is 5.81. The van der Waals surface area contributed by atoms with Gasteiger partial charge in [0, 0.05) is 24.7 Å². The average Bonchev–Trinajstić information content (AvgIpc) is 2.90. The first-order valence-electron chi connectivity index (χ1n) is 13.9. The van der Waals surface area contributed by atoms with Crippen LogP contribution in [0, 0.1) is 5.92 Å². The molecule has 1 N–H and O–H groups in total. The standard InChI is InChI=1S/C29H45N3O3/c1-23-6-10-25(11-7-23)30-29(33)13-9-24-8-12-27(28(22-24)34-2)35-21-20-31-18-14-26(15-19-31)32-16-4-3-5-17-32/h8-9,12-13,22-23,25-26H,3-7,10-11,14-21H2,1-2H3,(H,30,33). The summed E-state index contributed by atoms with van der Waals surface area (Å²) in [5.74, 6) is 2.22. The number of rotatable bonds is 9. The van der Waals surface area contributed by atoms with Gasteiger partial charge in [-0.25, -0.2) is 0 Å². The molecule has 1 aromatic rings. The van der Waals surface area contributed by atoms with Crippen LogP contribution < -0.4 is 14.8 Å². The lowest BCUT2D eigenvalue weighted by Gasteiger charge is -2.40. The van der Waals surface area contributed by atoms with E-state index in [-0.39, 0.29) is 5.91 Å². The van der Waals surface area contributed by atoms with Crippen LogP contribution in [0.3, 0.4) is 0 Å². The van der Waals surface area contributed by atoms with E-state index in [0.717, 1.165) is 55.7 Å². The molecule has 1 saturated carbocycles. The Balaban J connectivity index is 1.19. The van der Waals surface area contributed by atoms with E-state index >= 15 is 0 Å². The van der Waals surface area contributed by atoms with Gasteiger partial charge in [0.1, 0.15) is 6.61 Å². The van der Waals surface area contributed by atoms with Gasteiger partial charge >= 0.3 is 0 Å². The summed E-state index contributed by atoms with van der Waals surface area (Å²) in [5.41, 5.74) is 0.932. The van der Waals surface area contributed by atoms with Crippen LogP contribution >= 0.6 is 0 Å². The lowest BCUT2D eigenvalue weighted by molar-refractivity contribution is -0.117. The van der Waals surface area contributed by atoms with E-state index in [1.807, 2.05) is 24.3 Å². The highest BCUT2D eigenvalue weighted by molar-refractivity contribution is 5.92. The summed E-state index contributed by atoms with van der Waals surface area (Å²) in [6.07, 6.45) is 14.7. The van der Waals surface area contributed by atoms with Crippen LogP contribution in [-0.4, -0.2) is 74.2 Å². The number of hydrogen-bond donors (Lipinski definition) is 1. The Morgan fingerprint density at radius 2 is 1.74 bits per heavy atom. The molecule has 0 unspecified atom stereocenters. The summed E-state index contributed by atoms with van der Waals surface area (Å²) in [6, 6.07) is 6.95. The maximum Gasteiger partial charge on any atom is 0.244 e. The Kier molecular flexibility index (Phi) is 9.90. The monoisotopic (exact) mass is 483 g/mol. The normalized spacial score (nSPS) is 25.0. The number of amides is 1. The molecule has 0 bridgehead atoms. The largest absolute Gasteiger partial charge is 0.493 e. The molecule has 3 aliphatic rings. The number of hydrogen-bond acceptors (Lipinski definition) is 5. The Morgan fingerprint density at radius 1 is 1.00 bits per heavy atom. The molecule has 2 saturated heterocycles. The Hall–Kier alpha value is -2.05. The molecule has 2 aliphatic heterocycles. The zero-order chi connectivity index (χ0) is 24.5. The molecule has 6 heteroatoms. The summed E-state index contributed by atoms with van der Waals surface area (Å²) < 4.78 is 11.7. The van der Waals surface area contributed by atoms with E-state index in [1.165, 1.54) is 58.0 Å². The minimum atomic E-state index is -0.0205. The van der Waals surface area contributed by atoms with Crippen molar-refractivity contribution in [1.29, 1.82) is 0 Å². The summed E-state index contributed by atoms with van der Waals surface area (Å²) in [4.78, 5) is 17.6. The van der Waals surface area contributed by atoms with Crippen LogP contribution in [0.25, 0.3) is 6.08 Å². The highest BCUT2D eigenvalue weighted by atomic mass is 16.5. The van der Waals surface area contributed by atoms with Gasteiger partial charge in [0.05, 0.1) is 7.11 Å². The third kappa shape index (κ3) is 7.97. The van der Waals surface area contributed by atoms with Crippen LogP contribution in [0.5, 0.6) is 11.5 Å². The summed E-state index contributed by atoms with van der Waals surface area (Å²) in [7, 11) is 1.66. The predicted octanol–water partition coefficient (Wildman–Crippen LogP) is 4.73. The molecule has 0 spiro atoms. The fraction of sp³-hybridized carbons (Fsp3) is 0.690. The van der Waals surface area contributed by atoms with Crippen molar-refractivity contribution < 1.29 is 14.3 Å². The van der Waals surface area contributed by atoms with Crippen LogP contribution in [-0.2, 0) is 4.79 Å². The molecule has 6 nitrogen and oxygen atoms in total. The Bertz CT molecular complexity index is 820. The maximum atomic E-state index is 12.3. The van der Waals surface area contributed by atoms with Crippen molar-refractivity contribution >= 4 is 12.0 Å². The van der Waals surface area contributed by atoms with Gasteiger partial charge in [-0.3, -0.25) is 9.69 Å². The molecule has 0 atom stereocenters. The summed E-state index contributed by atoms with van der Waals surface area (Å²) in [5, 5.41) is 3.14. The van der Waals surface area contributed by atoms with Crippen molar-refractivity contribution in [2.45, 2.75) is 76.8 Å². The van der Waals surface area contributed by atoms with Crippen LogP contribution in [0.4, 0.5) is 0 Å². The SMILES string of the molecule is COc1cc(C=CC(=O)NC2CCC(C)CC2)ccc1OCCN1CCC(N2CCCCC2)CC1. The number of likely N-dealkylation sites (tertiary alicyclic amines) is 2. The topological polar surface area (TPSA) is 54.0 Å². The molecule has 1 aliphatic carbocycles. The predicted molar refractivity (Wildman–Crippen MR) is 142 cm³/mol. The van der Waals surface area contributed by atoms with Crippen LogP contribution in [0.2, 0.25) is 0 Å². The van der Waals surface area contributed by atoms with Gasteiger partial charge in [0.2, 0.25) is 5.91 Å². The molecule has 2 heterocycles. The lowest BCUT2D eigenvalue weighted by atomic mass is 9.87. The lowest BCUT2D eigenvalue weighted by Crippen LogP contribution is -2.47. The average molecular weight is 484 g/mol. The van der Waals surface area contributed by atoms with Gasteiger partial charge in [-0.1, -0.05) is 19.4 Å². The fourth-order valence-electron chi connectivity index (χ4n) is 5.81. The minimum Gasteiger partial charge on any atom is -0.493 e. The second-order valence-electron chi connectivity index (χ2n) is 10.7. The third-order valence-electron chi connectivity index (χ3n) is 8.11. The number of ether oxygens (including phenoxy) is 2. The molecular formula is C29H45N3O3. The second kappa shape index (κ2) is 13.3. The number of nitrogens with zero attached hydrogens (tertiary/aromatic N) is 2. The van der Waals surface area contributed by atoms with Gasteiger partial charge in [-0.2, -0.15) is 0 Å². The molecule has 1 aromatic carbocycles. The molecule has 1 amide bonds. The smallest absolute Gasteiger partial charge is 0.244 e. The molecule has 3 fully saturated rings. The molecule has 194 valence electrons. The summed E-state index contributed by atoms with van der Waals surface area (Å²) >= 11 is 0. The van der Waals surface area contributed by atoms with Crippen LogP contribution in [0.15, 0.2) is 24.3 Å². The highest BCUT2D eigenvalue weighted by Gasteiger charge is 2.25.